The van der Waals surface area contributed by atoms with Crippen molar-refractivity contribution >= 4 is 29.0 Å². The standard InChI is InChI=1S/C9H7ClFNO2/c1-5(13)9(14)12-8-4-6(10)2-3-7(8)11/h2-4H,1H3,(H,12,14). The minimum atomic E-state index is -0.869. The second kappa shape index (κ2) is 4.19. The van der Waals surface area contributed by atoms with Crippen LogP contribution in [0.5, 0.6) is 0 Å². The molecule has 0 unspecified atom stereocenters. The number of halogens is 2. The van der Waals surface area contributed by atoms with Crippen molar-refractivity contribution in [3.63, 3.8) is 0 Å². The fourth-order valence-electron chi connectivity index (χ4n) is 0.804. The number of anilines is 1. The minimum absolute atomic E-state index is 0.0994. The van der Waals surface area contributed by atoms with Gasteiger partial charge in [0.2, 0.25) is 5.78 Å². The molecule has 74 valence electrons. The second-order valence-corrected chi connectivity index (χ2v) is 3.07. The summed E-state index contributed by atoms with van der Waals surface area (Å²) < 4.78 is 13.0. The van der Waals surface area contributed by atoms with Crippen LogP contribution in [0.3, 0.4) is 0 Å². The Morgan fingerprint density at radius 1 is 1.43 bits per heavy atom. The van der Waals surface area contributed by atoms with Gasteiger partial charge in [0, 0.05) is 11.9 Å². The monoisotopic (exact) mass is 215 g/mol. The number of hydrogen-bond donors (Lipinski definition) is 1. The Hall–Kier alpha value is -1.42. The van der Waals surface area contributed by atoms with E-state index in [1.165, 1.54) is 12.1 Å². The van der Waals surface area contributed by atoms with Crippen molar-refractivity contribution in [2.45, 2.75) is 6.92 Å². The first-order valence-electron chi connectivity index (χ1n) is 3.77. The highest BCUT2D eigenvalue weighted by Gasteiger charge is 2.10. The van der Waals surface area contributed by atoms with E-state index in [-0.39, 0.29) is 10.7 Å². The Kier molecular flexibility index (Phi) is 3.19. The van der Waals surface area contributed by atoms with Gasteiger partial charge in [0.25, 0.3) is 5.91 Å². The van der Waals surface area contributed by atoms with Gasteiger partial charge >= 0.3 is 0 Å². The zero-order valence-electron chi connectivity index (χ0n) is 7.30. The van der Waals surface area contributed by atoms with Crippen LogP contribution in [0.15, 0.2) is 18.2 Å². The van der Waals surface area contributed by atoms with E-state index in [9.17, 15) is 14.0 Å². The zero-order chi connectivity index (χ0) is 10.7. The lowest BCUT2D eigenvalue weighted by Gasteiger charge is -2.03. The van der Waals surface area contributed by atoms with Gasteiger partial charge in [-0.1, -0.05) is 11.6 Å². The molecule has 0 bridgehead atoms. The number of carbonyl (C=O) groups is 2. The van der Waals surface area contributed by atoms with Gasteiger partial charge in [-0.15, -0.1) is 0 Å². The summed E-state index contributed by atoms with van der Waals surface area (Å²) in [5.41, 5.74) is -0.0994. The van der Waals surface area contributed by atoms with Crippen LogP contribution in [0.2, 0.25) is 5.02 Å². The number of nitrogens with one attached hydrogen (secondary N) is 1. The van der Waals surface area contributed by atoms with Crippen molar-refractivity contribution in [2.24, 2.45) is 0 Å². The third kappa shape index (κ3) is 2.53. The molecule has 5 heteroatoms. The number of Topliss-reactive ketones (excluding diaryl/α,β-unsaturated/α-hetero) is 1. The van der Waals surface area contributed by atoms with Gasteiger partial charge in [-0.3, -0.25) is 9.59 Å². The first-order chi connectivity index (χ1) is 6.50. The first kappa shape index (κ1) is 10.7. The molecule has 14 heavy (non-hydrogen) atoms. The number of carbonyl (C=O) groups excluding carboxylic acids is 2. The lowest BCUT2D eigenvalue weighted by Crippen LogP contribution is -2.20. The average molecular weight is 216 g/mol. The molecule has 0 saturated heterocycles. The first-order valence-corrected chi connectivity index (χ1v) is 4.15. The van der Waals surface area contributed by atoms with Gasteiger partial charge in [-0.2, -0.15) is 0 Å². The molecule has 0 aliphatic carbocycles. The highest BCUT2D eigenvalue weighted by Crippen LogP contribution is 2.19. The largest absolute Gasteiger partial charge is 0.317 e. The third-order valence-electron chi connectivity index (χ3n) is 1.50. The van der Waals surface area contributed by atoms with Gasteiger partial charge < -0.3 is 5.32 Å². The van der Waals surface area contributed by atoms with E-state index in [2.05, 4.69) is 5.32 Å². The molecular formula is C9H7ClFNO2. The van der Waals surface area contributed by atoms with Crippen LogP contribution in [0.1, 0.15) is 6.92 Å². The molecule has 0 aromatic heterocycles. The molecule has 0 radical (unpaired) electrons. The predicted molar refractivity (Wildman–Crippen MR) is 50.7 cm³/mol. The molecule has 0 atom stereocenters. The molecule has 1 N–H and O–H groups in total. The Bertz CT molecular complexity index is 392. The zero-order valence-corrected chi connectivity index (χ0v) is 8.06. The van der Waals surface area contributed by atoms with Gasteiger partial charge in [-0.05, 0) is 18.2 Å². The summed E-state index contributed by atoms with van der Waals surface area (Å²) in [6.45, 7) is 1.10. The van der Waals surface area contributed by atoms with Crippen molar-refractivity contribution in [2.75, 3.05) is 5.32 Å². The molecule has 3 nitrogen and oxygen atoms in total. The maximum atomic E-state index is 13.0. The second-order valence-electron chi connectivity index (χ2n) is 2.63. The van der Waals surface area contributed by atoms with Crippen molar-refractivity contribution < 1.29 is 14.0 Å². The smallest absolute Gasteiger partial charge is 0.291 e. The Morgan fingerprint density at radius 3 is 2.64 bits per heavy atom. The SMILES string of the molecule is CC(=O)C(=O)Nc1cc(Cl)ccc1F. The van der Waals surface area contributed by atoms with Crippen molar-refractivity contribution in [3.05, 3.63) is 29.0 Å². The molecule has 0 saturated carbocycles. The number of amides is 1. The van der Waals surface area contributed by atoms with Gasteiger partial charge in [0.1, 0.15) is 5.82 Å². The molecule has 1 rings (SSSR count). The lowest BCUT2D eigenvalue weighted by atomic mass is 10.3. The average Bonchev–Trinajstić information content (AvgIpc) is 2.11. The van der Waals surface area contributed by atoms with Gasteiger partial charge in [0.05, 0.1) is 5.69 Å². The lowest BCUT2D eigenvalue weighted by molar-refractivity contribution is -0.133. The third-order valence-corrected chi connectivity index (χ3v) is 1.73. The van der Waals surface area contributed by atoms with Crippen LogP contribution >= 0.6 is 11.6 Å². The maximum absolute atomic E-state index is 13.0. The fourth-order valence-corrected chi connectivity index (χ4v) is 0.976. The van der Waals surface area contributed by atoms with E-state index in [0.29, 0.717) is 0 Å². The normalized spacial score (nSPS) is 9.64. The van der Waals surface area contributed by atoms with E-state index in [1.54, 1.807) is 0 Å². The fraction of sp³-hybridized carbons (Fsp3) is 0.111. The Balaban J connectivity index is 2.91. The van der Waals surface area contributed by atoms with E-state index < -0.39 is 17.5 Å². The minimum Gasteiger partial charge on any atom is -0.317 e. The molecule has 0 fully saturated rings. The highest BCUT2D eigenvalue weighted by atomic mass is 35.5. The van der Waals surface area contributed by atoms with Crippen LogP contribution in [-0.2, 0) is 9.59 Å². The molecule has 0 aliphatic rings. The molecule has 1 amide bonds. The van der Waals surface area contributed by atoms with Crippen LogP contribution in [0, 0.1) is 5.82 Å². The van der Waals surface area contributed by atoms with Crippen LogP contribution < -0.4 is 5.32 Å². The quantitative estimate of drug-likeness (QED) is 0.767. The summed E-state index contributed by atoms with van der Waals surface area (Å²) in [5.74, 6) is -2.19. The predicted octanol–water partition coefficient (Wildman–Crippen LogP) is 2.01. The van der Waals surface area contributed by atoms with E-state index >= 15 is 0 Å². The molecule has 0 heterocycles. The summed E-state index contributed by atoms with van der Waals surface area (Å²) in [6, 6.07) is 3.69. The van der Waals surface area contributed by atoms with Crippen molar-refractivity contribution in [1.82, 2.24) is 0 Å². The summed E-state index contributed by atoms with van der Waals surface area (Å²) in [6.07, 6.45) is 0. The number of rotatable bonds is 2. The van der Waals surface area contributed by atoms with E-state index in [0.717, 1.165) is 13.0 Å². The van der Waals surface area contributed by atoms with Crippen molar-refractivity contribution in [3.8, 4) is 0 Å². The molecule has 1 aromatic carbocycles. The number of ketones is 1. The van der Waals surface area contributed by atoms with Gasteiger partial charge in [0.15, 0.2) is 0 Å². The van der Waals surface area contributed by atoms with E-state index in [1.807, 2.05) is 0 Å². The Labute approximate surface area is 84.9 Å². The Morgan fingerprint density at radius 2 is 2.07 bits per heavy atom. The van der Waals surface area contributed by atoms with Crippen LogP contribution in [0.4, 0.5) is 10.1 Å². The highest BCUT2D eigenvalue weighted by molar-refractivity contribution is 6.40. The summed E-state index contributed by atoms with van der Waals surface area (Å²) in [5, 5.41) is 2.39. The summed E-state index contributed by atoms with van der Waals surface area (Å²) in [7, 11) is 0. The summed E-state index contributed by atoms with van der Waals surface area (Å²) in [4.78, 5) is 21.5. The summed E-state index contributed by atoms with van der Waals surface area (Å²) >= 11 is 5.58. The van der Waals surface area contributed by atoms with Crippen LogP contribution in [-0.4, -0.2) is 11.7 Å². The molecular weight excluding hydrogens is 209 g/mol. The maximum Gasteiger partial charge on any atom is 0.291 e. The molecule has 0 spiro atoms. The number of benzene rings is 1. The molecule has 1 aromatic rings. The van der Waals surface area contributed by atoms with E-state index in [4.69, 9.17) is 11.6 Å². The number of hydrogen-bond acceptors (Lipinski definition) is 2. The topological polar surface area (TPSA) is 46.2 Å². The van der Waals surface area contributed by atoms with Gasteiger partial charge in [-0.25, -0.2) is 4.39 Å². The van der Waals surface area contributed by atoms with Crippen molar-refractivity contribution in [1.29, 1.82) is 0 Å². The van der Waals surface area contributed by atoms with Crippen LogP contribution in [0.25, 0.3) is 0 Å². The molecule has 0 aliphatic heterocycles.